The number of hydrogen-bond acceptors (Lipinski definition) is 5. The van der Waals surface area contributed by atoms with E-state index in [-0.39, 0.29) is 12.6 Å². The molecule has 5 heteroatoms. The number of anilines is 3. The topological polar surface area (TPSA) is 70.1 Å². The number of nitrogens with zero attached hydrogens (tertiary/aromatic N) is 2. The molecule has 5 nitrogen and oxygen atoms in total. The van der Waals surface area contributed by atoms with E-state index in [1.165, 1.54) is 24.0 Å². The van der Waals surface area contributed by atoms with Crippen molar-refractivity contribution in [2.75, 3.05) is 17.2 Å². The Morgan fingerprint density at radius 2 is 2.08 bits per heavy atom. The molecule has 1 aliphatic rings. The van der Waals surface area contributed by atoms with Crippen LogP contribution in [0.4, 0.5) is 17.5 Å². The second kappa shape index (κ2) is 7.18. The van der Waals surface area contributed by atoms with Crippen molar-refractivity contribution in [2.45, 2.75) is 52.0 Å². The van der Waals surface area contributed by atoms with Crippen molar-refractivity contribution >= 4 is 17.5 Å². The molecule has 1 aromatic heterocycles. The number of nitrogens with one attached hydrogen (secondary N) is 2. The zero-order valence-electron chi connectivity index (χ0n) is 14.6. The van der Waals surface area contributed by atoms with Crippen LogP contribution in [0.25, 0.3) is 0 Å². The van der Waals surface area contributed by atoms with E-state index < -0.39 is 0 Å². The Bertz CT molecular complexity index is 713. The first kappa shape index (κ1) is 16.7. The fourth-order valence-corrected chi connectivity index (χ4v) is 2.78. The number of benzene rings is 1. The summed E-state index contributed by atoms with van der Waals surface area (Å²) in [7, 11) is 0. The predicted octanol–water partition coefficient (Wildman–Crippen LogP) is 3.76. The van der Waals surface area contributed by atoms with Crippen LogP contribution in [0.15, 0.2) is 24.3 Å². The number of hydrogen-bond donors (Lipinski definition) is 3. The van der Waals surface area contributed by atoms with E-state index in [0.29, 0.717) is 11.9 Å². The number of aryl methyl sites for hydroxylation is 2. The van der Waals surface area contributed by atoms with E-state index in [0.717, 1.165) is 23.6 Å². The Balaban J connectivity index is 1.92. The lowest BCUT2D eigenvalue weighted by atomic mass is 10.1. The Kier molecular flexibility index (Phi) is 5.00. The van der Waals surface area contributed by atoms with Crippen molar-refractivity contribution in [3.8, 4) is 0 Å². The lowest BCUT2D eigenvalue weighted by Gasteiger charge is -2.16. The molecular weight excluding hydrogens is 300 g/mol. The van der Waals surface area contributed by atoms with E-state index in [1.54, 1.807) is 0 Å². The predicted molar refractivity (Wildman–Crippen MR) is 98.0 cm³/mol. The van der Waals surface area contributed by atoms with Crippen molar-refractivity contribution < 1.29 is 5.11 Å². The van der Waals surface area contributed by atoms with Gasteiger partial charge < -0.3 is 15.7 Å². The third kappa shape index (κ3) is 3.85. The number of aliphatic hydroxyl groups excluding tert-OH is 1. The van der Waals surface area contributed by atoms with Gasteiger partial charge in [-0.05, 0) is 44.2 Å². The van der Waals surface area contributed by atoms with Crippen molar-refractivity contribution in [3.05, 3.63) is 41.1 Å². The standard InChI is InChI=1S/C19H26N4O/c1-4-14-7-5-6-12(2)18(14)22-17-10-16(15-8-9-15)21-19(23-17)20-13(3)11-24/h5-7,10,13,15,24H,4,8-9,11H2,1-3H3,(H2,20,21,22,23)/t13-/m1/s1. The third-order valence-corrected chi connectivity index (χ3v) is 4.38. The molecule has 1 atom stereocenters. The van der Waals surface area contributed by atoms with Crippen LogP contribution in [0.2, 0.25) is 0 Å². The monoisotopic (exact) mass is 326 g/mol. The smallest absolute Gasteiger partial charge is 0.225 e. The highest BCUT2D eigenvalue weighted by Crippen LogP contribution is 2.40. The molecule has 0 spiro atoms. The van der Waals surface area contributed by atoms with Crippen molar-refractivity contribution in [2.24, 2.45) is 0 Å². The Hall–Kier alpha value is -2.14. The van der Waals surface area contributed by atoms with Gasteiger partial charge in [0, 0.05) is 23.7 Å². The lowest BCUT2D eigenvalue weighted by Crippen LogP contribution is -2.21. The number of aromatic nitrogens is 2. The first-order chi connectivity index (χ1) is 11.6. The minimum atomic E-state index is -0.0723. The van der Waals surface area contributed by atoms with Crippen molar-refractivity contribution in [1.82, 2.24) is 9.97 Å². The van der Waals surface area contributed by atoms with Crippen LogP contribution >= 0.6 is 0 Å². The second-order valence-electron chi connectivity index (χ2n) is 6.59. The van der Waals surface area contributed by atoms with E-state index in [9.17, 15) is 5.11 Å². The molecule has 2 aromatic rings. The highest BCUT2D eigenvalue weighted by molar-refractivity contribution is 5.65. The second-order valence-corrected chi connectivity index (χ2v) is 6.59. The van der Waals surface area contributed by atoms with Gasteiger partial charge in [-0.3, -0.25) is 0 Å². The molecule has 3 rings (SSSR count). The van der Waals surface area contributed by atoms with Gasteiger partial charge in [0.05, 0.1) is 12.3 Å². The zero-order valence-corrected chi connectivity index (χ0v) is 14.6. The maximum absolute atomic E-state index is 9.26. The molecule has 128 valence electrons. The Labute approximate surface area is 143 Å². The lowest BCUT2D eigenvalue weighted by molar-refractivity contribution is 0.281. The van der Waals surface area contributed by atoms with Gasteiger partial charge in [-0.25, -0.2) is 4.98 Å². The molecule has 1 aromatic carbocycles. The fraction of sp³-hybridized carbons (Fsp3) is 0.474. The first-order valence-electron chi connectivity index (χ1n) is 8.72. The van der Waals surface area contributed by atoms with E-state index in [1.807, 2.05) is 6.92 Å². The van der Waals surface area contributed by atoms with Gasteiger partial charge in [-0.2, -0.15) is 4.98 Å². The quantitative estimate of drug-likeness (QED) is 0.723. The van der Waals surface area contributed by atoms with E-state index in [4.69, 9.17) is 0 Å². The Morgan fingerprint density at radius 1 is 1.29 bits per heavy atom. The van der Waals surface area contributed by atoms with Crippen LogP contribution in [-0.2, 0) is 6.42 Å². The van der Waals surface area contributed by atoms with Gasteiger partial charge in [0.25, 0.3) is 0 Å². The summed E-state index contributed by atoms with van der Waals surface area (Å²) < 4.78 is 0. The zero-order chi connectivity index (χ0) is 17.1. The summed E-state index contributed by atoms with van der Waals surface area (Å²) >= 11 is 0. The average molecular weight is 326 g/mol. The molecule has 0 saturated heterocycles. The molecule has 1 saturated carbocycles. The molecule has 24 heavy (non-hydrogen) atoms. The van der Waals surface area contributed by atoms with Crippen LogP contribution in [0.5, 0.6) is 0 Å². The Morgan fingerprint density at radius 3 is 2.75 bits per heavy atom. The maximum Gasteiger partial charge on any atom is 0.225 e. The minimum absolute atomic E-state index is 0.0531. The summed E-state index contributed by atoms with van der Waals surface area (Å²) in [6, 6.07) is 8.32. The molecule has 0 aliphatic heterocycles. The van der Waals surface area contributed by atoms with Crippen LogP contribution in [-0.4, -0.2) is 27.7 Å². The maximum atomic E-state index is 9.26. The van der Waals surface area contributed by atoms with Gasteiger partial charge in [0.1, 0.15) is 5.82 Å². The molecular formula is C19H26N4O. The molecule has 0 amide bonds. The van der Waals surface area contributed by atoms with Gasteiger partial charge in [-0.15, -0.1) is 0 Å². The number of rotatable bonds is 7. The molecule has 0 unspecified atom stereocenters. The van der Waals surface area contributed by atoms with Crippen molar-refractivity contribution in [3.63, 3.8) is 0 Å². The summed E-state index contributed by atoms with van der Waals surface area (Å²) in [6.07, 6.45) is 3.35. The van der Waals surface area contributed by atoms with Gasteiger partial charge in [0.15, 0.2) is 0 Å². The molecule has 3 N–H and O–H groups in total. The third-order valence-electron chi connectivity index (χ3n) is 4.38. The van der Waals surface area contributed by atoms with Crippen LogP contribution in [0.3, 0.4) is 0 Å². The van der Waals surface area contributed by atoms with Crippen LogP contribution in [0.1, 0.15) is 49.4 Å². The van der Waals surface area contributed by atoms with Gasteiger partial charge >= 0.3 is 0 Å². The molecule has 1 aliphatic carbocycles. The summed E-state index contributed by atoms with van der Waals surface area (Å²) in [5, 5.41) is 15.9. The molecule has 1 fully saturated rings. The van der Waals surface area contributed by atoms with Crippen LogP contribution < -0.4 is 10.6 Å². The van der Waals surface area contributed by atoms with E-state index >= 15 is 0 Å². The largest absolute Gasteiger partial charge is 0.394 e. The summed E-state index contributed by atoms with van der Waals surface area (Å²) in [6.45, 7) is 6.23. The average Bonchev–Trinajstić information content (AvgIpc) is 3.41. The normalized spacial score (nSPS) is 15.2. The fourth-order valence-electron chi connectivity index (χ4n) is 2.78. The van der Waals surface area contributed by atoms with E-state index in [2.05, 4.69) is 58.7 Å². The summed E-state index contributed by atoms with van der Waals surface area (Å²) in [5.41, 5.74) is 4.69. The van der Waals surface area contributed by atoms with Gasteiger partial charge in [0.2, 0.25) is 5.95 Å². The first-order valence-corrected chi connectivity index (χ1v) is 8.72. The molecule has 0 radical (unpaired) electrons. The molecule has 1 heterocycles. The van der Waals surface area contributed by atoms with Crippen LogP contribution in [0, 0.1) is 6.92 Å². The number of para-hydroxylation sites is 1. The summed E-state index contributed by atoms with van der Waals surface area (Å²) in [5.74, 6) is 1.93. The SMILES string of the molecule is CCc1cccc(C)c1Nc1cc(C2CC2)nc(N[C@H](C)CO)n1. The summed E-state index contributed by atoms with van der Waals surface area (Å²) in [4.78, 5) is 9.22. The van der Waals surface area contributed by atoms with Crippen molar-refractivity contribution in [1.29, 1.82) is 0 Å². The number of aliphatic hydroxyl groups is 1. The highest BCUT2D eigenvalue weighted by atomic mass is 16.3. The highest BCUT2D eigenvalue weighted by Gasteiger charge is 2.26. The minimum Gasteiger partial charge on any atom is -0.394 e. The molecule has 0 bridgehead atoms. The van der Waals surface area contributed by atoms with Gasteiger partial charge in [-0.1, -0.05) is 25.1 Å².